The molecule has 0 aliphatic heterocycles. The molecule has 0 saturated heterocycles. The van der Waals surface area contributed by atoms with Crippen molar-refractivity contribution in [1.82, 2.24) is 4.98 Å². The van der Waals surface area contributed by atoms with Crippen LogP contribution in [-0.2, 0) is 21.1 Å². The zero-order valence-corrected chi connectivity index (χ0v) is 10.4. The Bertz CT molecular complexity index is 701. The Morgan fingerprint density at radius 1 is 1.44 bits per heavy atom. The molecule has 6 nitrogen and oxygen atoms in total. The van der Waals surface area contributed by atoms with Crippen LogP contribution in [0.3, 0.4) is 0 Å². The van der Waals surface area contributed by atoms with Crippen LogP contribution in [0.1, 0.15) is 12.3 Å². The highest BCUT2D eigenvalue weighted by Crippen LogP contribution is 2.20. The molecule has 1 aromatic carbocycles. The predicted molar refractivity (Wildman–Crippen MR) is 63.1 cm³/mol. The molecule has 7 heteroatoms. The number of carbonyl (C=O) groups is 1. The fraction of sp³-hybridized carbons (Fsp3) is 0.273. The van der Waals surface area contributed by atoms with E-state index < -0.39 is 15.8 Å². The Balaban J connectivity index is 2.37. The summed E-state index contributed by atoms with van der Waals surface area (Å²) in [6.45, 7) is 0. The number of oxazole rings is 1. The smallest absolute Gasteiger partial charge is 0.303 e. The van der Waals surface area contributed by atoms with Crippen LogP contribution >= 0.6 is 0 Å². The number of hydrogen-bond acceptors (Lipinski definition) is 5. The molecule has 0 aliphatic rings. The van der Waals surface area contributed by atoms with Crippen molar-refractivity contribution in [3.8, 4) is 0 Å². The number of nitrogens with zero attached hydrogens (tertiary/aromatic N) is 1. The van der Waals surface area contributed by atoms with Gasteiger partial charge < -0.3 is 9.52 Å². The fourth-order valence-electron chi connectivity index (χ4n) is 1.51. The fourth-order valence-corrected chi connectivity index (χ4v) is 2.15. The second-order valence-corrected chi connectivity index (χ2v) is 5.92. The van der Waals surface area contributed by atoms with E-state index in [9.17, 15) is 13.2 Å². The summed E-state index contributed by atoms with van der Waals surface area (Å²) in [7, 11) is -3.29. The minimum absolute atomic E-state index is 0.0776. The molecule has 96 valence electrons. The topological polar surface area (TPSA) is 97.5 Å². The monoisotopic (exact) mass is 269 g/mol. The molecule has 0 spiro atoms. The highest BCUT2D eigenvalue weighted by atomic mass is 32.2. The van der Waals surface area contributed by atoms with Crippen LogP contribution in [0.2, 0.25) is 0 Å². The zero-order chi connectivity index (χ0) is 13.3. The molecule has 1 N–H and O–H groups in total. The van der Waals surface area contributed by atoms with Gasteiger partial charge in [-0.3, -0.25) is 4.79 Å². The van der Waals surface area contributed by atoms with Crippen LogP contribution in [0.15, 0.2) is 27.5 Å². The number of carboxylic acid groups (broad SMARTS) is 1. The van der Waals surface area contributed by atoms with Gasteiger partial charge in [-0.05, 0) is 18.2 Å². The third-order valence-electron chi connectivity index (χ3n) is 2.38. The van der Waals surface area contributed by atoms with Crippen molar-refractivity contribution in [2.45, 2.75) is 17.7 Å². The summed E-state index contributed by atoms with van der Waals surface area (Å²) < 4.78 is 28.0. The van der Waals surface area contributed by atoms with Crippen LogP contribution in [0, 0.1) is 0 Å². The number of aromatic nitrogens is 1. The number of hydrogen-bond donors (Lipinski definition) is 1. The molecule has 1 aromatic heterocycles. The average Bonchev–Trinajstić information content (AvgIpc) is 2.66. The van der Waals surface area contributed by atoms with Gasteiger partial charge in [-0.15, -0.1) is 0 Å². The van der Waals surface area contributed by atoms with E-state index in [1.807, 2.05) is 0 Å². The number of aliphatic carboxylic acids is 1. The Kier molecular flexibility index (Phi) is 3.08. The van der Waals surface area contributed by atoms with Gasteiger partial charge in [0.05, 0.1) is 11.3 Å². The molecule has 0 unspecified atom stereocenters. The summed E-state index contributed by atoms with van der Waals surface area (Å²) in [5.74, 6) is -0.646. The molecule has 2 rings (SSSR count). The summed E-state index contributed by atoms with van der Waals surface area (Å²) >= 11 is 0. The molecule has 1 heterocycles. The van der Waals surface area contributed by atoms with Gasteiger partial charge in [0.2, 0.25) is 0 Å². The van der Waals surface area contributed by atoms with Crippen LogP contribution in [0.4, 0.5) is 0 Å². The number of sulfone groups is 1. The number of benzene rings is 1. The largest absolute Gasteiger partial charge is 0.481 e. The van der Waals surface area contributed by atoms with Gasteiger partial charge in [0, 0.05) is 12.7 Å². The van der Waals surface area contributed by atoms with Gasteiger partial charge in [0.15, 0.2) is 21.3 Å². The highest BCUT2D eigenvalue weighted by Gasteiger charge is 2.12. The summed E-state index contributed by atoms with van der Waals surface area (Å²) in [5.41, 5.74) is 0.862. The molecular formula is C11H11NO5S. The molecule has 0 aliphatic carbocycles. The molecule has 0 atom stereocenters. The first kappa shape index (κ1) is 12.6. The first-order valence-corrected chi connectivity index (χ1v) is 7.07. The van der Waals surface area contributed by atoms with Crippen LogP contribution in [0.5, 0.6) is 0 Å². The van der Waals surface area contributed by atoms with Crippen molar-refractivity contribution in [3.63, 3.8) is 0 Å². The van der Waals surface area contributed by atoms with Crippen molar-refractivity contribution in [3.05, 3.63) is 24.1 Å². The second-order valence-electron chi connectivity index (χ2n) is 3.90. The van der Waals surface area contributed by atoms with Crippen molar-refractivity contribution in [1.29, 1.82) is 0 Å². The molecule has 0 amide bonds. The van der Waals surface area contributed by atoms with E-state index in [0.29, 0.717) is 11.1 Å². The molecule has 0 saturated carbocycles. The minimum Gasteiger partial charge on any atom is -0.481 e. The Hall–Kier alpha value is -1.89. The minimum atomic E-state index is -3.29. The van der Waals surface area contributed by atoms with Crippen molar-refractivity contribution in [2.24, 2.45) is 0 Å². The predicted octanol–water partition coefficient (Wildman–Crippen LogP) is 1.25. The van der Waals surface area contributed by atoms with Crippen molar-refractivity contribution in [2.75, 3.05) is 6.26 Å². The molecule has 0 fully saturated rings. The van der Waals surface area contributed by atoms with Gasteiger partial charge >= 0.3 is 5.97 Å². The zero-order valence-electron chi connectivity index (χ0n) is 9.58. The lowest BCUT2D eigenvalue weighted by atomic mass is 10.3. The van der Waals surface area contributed by atoms with Crippen molar-refractivity contribution < 1.29 is 22.7 Å². The Labute approximate surface area is 103 Å². The molecule has 0 radical (unpaired) electrons. The Morgan fingerprint density at radius 3 is 2.78 bits per heavy atom. The maximum Gasteiger partial charge on any atom is 0.303 e. The summed E-state index contributed by atoms with van der Waals surface area (Å²) in [6, 6.07) is 4.37. The van der Waals surface area contributed by atoms with Gasteiger partial charge in [0.25, 0.3) is 0 Å². The van der Waals surface area contributed by atoms with Crippen LogP contribution in [-0.4, -0.2) is 30.7 Å². The van der Waals surface area contributed by atoms with E-state index >= 15 is 0 Å². The van der Waals surface area contributed by atoms with E-state index in [-0.39, 0.29) is 23.6 Å². The molecule has 18 heavy (non-hydrogen) atoms. The maximum absolute atomic E-state index is 11.4. The maximum atomic E-state index is 11.4. The lowest BCUT2D eigenvalue weighted by Crippen LogP contribution is -1.97. The van der Waals surface area contributed by atoms with Gasteiger partial charge in [-0.2, -0.15) is 0 Å². The van der Waals surface area contributed by atoms with Crippen molar-refractivity contribution >= 4 is 26.9 Å². The van der Waals surface area contributed by atoms with E-state index in [1.165, 1.54) is 18.2 Å². The SMILES string of the molecule is CS(=O)(=O)c1ccc2oc(CCC(=O)O)nc2c1. The molecule has 0 bridgehead atoms. The average molecular weight is 269 g/mol. The quantitative estimate of drug-likeness (QED) is 0.897. The van der Waals surface area contributed by atoms with E-state index in [4.69, 9.17) is 9.52 Å². The second kappa shape index (κ2) is 4.41. The first-order chi connectivity index (χ1) is 8.36. The van der Waals surface area contributed by atoms with Gasteiger partial charge in [-0.25, -0.2) is 13.4 Å². The van der Waals surface area contributed by atoms with E-state index in [2.05, 4.69) is 4.98 Å². The van der Waals surface area contributed by atoms with Crippen LogP contribution in [0.25, 0.3) is 11.1 Å². The van der Waals surface area contributed by atoms with E-state index in [1.54, 1.807) is 0 Å². The van der Waals surface area contributed by atoms with Gasteiger partial charge in [0.1, 0.15) is 5.52 Å². The highest BCUT2D eigenvalue weighted by molar-refractivity contribution is 7.90. The summed E-state index contributed by atoms with van der Waals surface area (Å²) in [4.78, 5) is 14.6. The summed E-state index contributed by atoms with van der Waals surface area (Å²) in [5, 5.41) is 8.55. The molecular weight excluding hydrogens is 258 g/mol. The van der Waals surface area contributed by atoms with Gasteiger partial charge in [-0.1, -0.05) is 0 Å². The normalized spacial score (nSPS) is 11.8. The first-order valence-electron chi connectivity index (χ1n) is 5.17. The third kappa shape index (κ3) is 2.67. The number of fused-ring (bicyclic) bond motifs is 1. The Morgan fingerprint density at radius 2 is 2.17 bits per heavy atom. The van der Waals surface area contributed by atoms with Crippen LogP contribution < -0.4 is 0 Å². The number of rotatable bonds is 4. The lowest BCUT2D eigenvalue weighted by molar-refractivity contribution is -0.137. The number of aryl methyl sites for hydroxylation is 1. The molecule has 2 aromatic rings. The third-order valence-corrected chi connectivity index (χ3v) is 3.49. The lowest BCUT2D eigenvalue weighted by Gasteiger charge is -1.95. The summed E-state index contributed by atoms with van der Waals surface area (Å²) in [6.07, 6.45) is 1.21. The van der Waals surface area contributed by atoms with E-state index in [0.717, 1.165) is 6.26 Å². The number of carboxylic acids is 1. The standard InChI is InChI=1S/C11H11NO5S/c1-18(15,16)7-2-3-9-8(6-7)12-10(17-9)4-5-11(13)14/h2-3,6H,4-5H2,1H3,(H,13,14).